The lowest BCUT2D eigenvalue weighted by molar-refractivity contribution is -0.140. The van der Waals surface area contributed by atoms with Crippen molar-refractivity contribution < 1.29 is 24.6 Å². The standard InChI is InChI=1S/C18H24N2O5/c1-20(2)16(22)10-5-3-4-7-13-8-6-9-14(11-13)17(23)19-15(12-21)18(24)25/h4,6-9,11,15,21H,3,5,10,12H2,1-2H3,(H,19,23)(H,24,25)/b7-4-. The summed E-state index contributed by atoms with van der Waals surface area (Å²) in [6.45, 7) is -0.674. The van der Waals surface area contributed by atoms with Gasteiger partial charge in [0.15, 0.2) is 6.04 Å². The molecule has 0 aromatic heterocycles. The molecule has 0 fully saturated rings. The Bertz CT molecular complexity index is 640. The largest absolute Gasteiger partial charge is 0.480 e. The summed E-state index contributed by atoms with van der Waals surface area (Å²) < 4.78 is 0. The molecule has 136 valence electrons. The molecule has 1 unspecified atom stereocenters. The summed E-state index contributed by atoms with van der Waals surface area (Å²) >= 11 is 0. The van der Waals surface area contributed by atoms with Gasteiger partial charge in [-0.1, -0.05) is 24.3 Å². The topological polar surface area (TPSA) is 107 Å². The van der Waals surface area contributed by atoms with E-state index in [2.05, 4.69) is 5.32 Å². The SMILES string of the molecule is CN(C)C(=O)CCC/C=C\c1cccc(C(=O)NC(CO)C(=O)O)c1. The van der Waals surface area contributed by atoms with Crippen LogP contribution in [0.5, 0.6) is 0 Å². The number of allylic oxidation sites excluding steroid dienone is 1. The third kappa shape index (κ3) is 7.17. The molecule has 0 saturated heterocycles. The van der Waals surface area contributed by atoms with Gasteiger partial charge in [-0.3, -0.25) is 9.59 Å². The van der Waals surface area contributed by atoms with Crippen molar-refractivity contribution in [2.45, 2.75) is 25.3 Å². The van der Waals surface area contributed by atoms with Gasteiger partial charge in [0.25, 0.3) is 5.91 Å². The number of aliphatic hydroxyl groups excluding tert-OH is 1. The Kier molecular flexibility index (Phi) is 8.35. The second kappa shape index (κ2) is 10.2. The van der Waals surface area contributed by atoms with E-state index in [1.807, 2.05) is 18.2 Å². The van der Waals surface area contributed by atoms with E-state index in [0.717, 1.165) is 18.4 Å². The van der Waals surface area contributed by atoms with Crippen LogP contribution in [0.2, 0.25) is 0 Å². The third-order valence-electron chi connectivity index (χ3n) is 3.51. The number of amides is 2. The first-order valence-electron chi connectivity index (χ1n) is 7.96. The Balaban J connectivity index is 2.59. The van der Waals surface area contributed by atoms with Crippen molar-refractivity contribution in [3.63, 3.8) is 0 Å². The molecular weight excluding hydrogens is 324 g/mol. The van der Waals surface area contributed by atoms with Crippen LogP contribution in [0.3, 0.4) is 0 Å². The summed E-state index contributed by atoms with van der Waals surface area (Å²) in [7, 11) is 3.45. The summed E-state index contributed by atoms with van der Waals surface area (Å²) in [4.78, 5) is 35.9. The van der Waals surface area contributed by atoms with Crippen molar-refractivity contribution in [3.8, 4) is 0 Å². The molecule has 0 saturated carbocycles. The van der Waals surface area contributed by atoms with Gasteiger partial charge in [-0.2, -0.15) is 0 Å². The van der Waals surface area contributed by atoms with Crippen LogP contribution < -0.4 is 5.32 Å². The molecule has 0 aliphatic carbocycles. The lowest BCUT2D eigenvalue weighted by atomic mass is 10.1. The molecule has 3 N–H and O–H groups in total. The first kappa shape index (κ1) is 20.4. The van der Waals surface area contributed by atoms with E-state index in [-0.39, 0.29) is 5.91 Å². The van der Waals surface area contributed by atoms with E-state index in [0.29, 0.717) is 12.0 Å². The highest BCUT2D eigenvalue weighted by molar-refractivity contribution is 5.97. The van der Waals surface area contributed by atoms with Gasteiger partial charge >= 0.3 is 5.97 Å². The van der Waals surface area contributed by atoms with Crippen molar-refractivity contribution in [2.75, 3.05) is 20.7 Å². The molecule has 0 radical (unpaired) electrons. The molecule has 25 heavy (non-hydrogen) atoms. The molecule has 1 rings (SSSR count). The Hall–Kier alpha value is -2.67. The number of nitrogens with zero attached hydrogens (tertiary/aromatic N) is 1. The molecule has 0 spiro atoms. The number of aliphatic carboxylic acids is 1. The first-order chi connectivity index (χ1) is 11.8. The number of aliphatic hydroxyl groups is 1. The fourth-order valence-corrected chi connectivity index (χ4v) is 2.02. The van der Waals surface area contributed by atoms with Crippen LogP contribution in [0.4, 0.5) is 0 Å². The molecule has 1 aromatic carbocycles. The van der Waals surface area contributed by atoms with Gasteiger partial charge in [-0.15, -0.1) is 0 Å². The van der Waals surface area contributed by atoms with Crippen LogP contribution in [0.15, 0.2) is 30.3 Å². The molecular formula is C18H24N2O5. The Morgan fingerprint density at radius 2 is 2.00 bits per heavy atom. The number of unbranched alkanes of at least 4 members (excludes halogenated alkanes) is 1. The fourth-order valence-electron chi connectivity index (χ4n) is 2.02. The summed E-state index contributed by atoms with van der Waals surface area (Å²) in [5, 5.41) is 20.1. The number of carbonyl (C=O) groups excluding carboxylic acids is 2. The zero-order valence-electron chi connectivity index (χ0n) is 14.4. The minimum atomic E-state index is -1.33. The molecule has 0 heterocycles. The lowest BCUT2D eigenvalue weighted by Gasteiger charge is -2.11. The number of nitrogens with one attached hydrogen (secondary N) is 1. The average Bonchev–Trinajstić information content (AvgIpc) is 2.58. The van der Waals surface area contributed by atoms with Crippen LogP contribution in [0.1, 0.15) is 35.2 Å². The molecule has 0 bridgehead atoms. The monoisotopic (exact) mass is 348 g/mol. The van der Waals surface area contributed by atoms with Crippen LogP contribution in [-0.4, -0.2) is 59.6 Å². The molecule has 1 atom stereocenters. The van der Waals surface area contributed by atoms with Crippen molar-refractivity contribution in [2.24, 2.45) is 0 Å². The van der Waals surface area contributed by atoms with Gasteiger partial charge in [0, 0.05) is 26.1 Å². The predicted molar refractivity (Wildman–Crippen MR) is 94.0 cm³/mol. The van der Waals surface area contributed by atoms with E-state index in [9.17, 15) is 14.4 Å². The third-order valence-corrected chi connectivity index (χ3v) is 3.51. The van der Waals surface area contributed by atoms with E-state index in [4.69, 9.17) is 10.2 Å². The summed E-state index contributed by atoms with van der Waals surface area (Å²) in [6, 6.07) is 5.38. The van der Waals surface area contributed by atoms with E-state index in [1.54, 1.807) is 37.2 Å². The Morgan fingerprint density at radius 3 is 2.60 bits per heavy atom. The highest BCUT2D eigenvalue weighted by Gasteiger charge is 2.19. The van der Waals surface area contributed by atoms with E-state index >= 15 is 0 Å². The minimum Gasteiger partial charge on any atom is -0.480 e. The number of benzene rings is 1. The van der Waals surface area contributed by atoms with E-state index in [1.165, 1.54) is 0 Å². The van der Waals surface area contributed by atoms with Gasteiger partial charge in [-0.05, 0) is 30.5 Å². The van der Waals surface area contributed by atoms with Gasteiger partial charge in [-0.25, -0.2) is 4.79 Å². The van der Waals surface area contributed by atoms with Gasteiger partial charge in [0.2, 0.25) is 5.91 Å². The van der Waals surface area contributed by atoms with Gasteiger partial charge in [0.05, 0.1) is 6.61 Å². The lowest BCUT2D eigenvalue weighted by Crippen LogP contribution is -2.43. The van der Waals surface area contributed by atoms with Crippen molar-refractivity contribution in [1.29, 1.82) is 0 Å². The quantitative estimate of drug-likeness (QED) is 0.580. The van der Waals surface area contributed by atoms with Crippen LogP contribution in [-0.2, 0) is 9.59 Å². The summed E-state index contributed by atoms with van der Waals surface area (Å²) in [5.41, 5.74) is 1.10. The second-order valence-corrected chi connectivity index (χ2v) is 5.76. The van der Waals surface area contributed by atoms with Crippen LogP contribution in [0, 0.1) is 0 Å². The molecule has 7 heteroatoms. The first-order valence-corrected chi connectivity index (χ1v) is 7.96. The fraction of sp³-hybridized carbons (Fsp3) is 0.389. The maximum Gasteiger partial charge on any atom is 0.328 e. The second-order valence-electron chi connectivity index (χ2n) is 5.76. The molecule has 7 nitrogen and oxygen atoms in total. The molecule has 1 aromatic rings. The number of hydrogen-bond donors (Lipinski definition) is 3. The number of rotatable bonds is 9. The maximum atomic E-state index is 12.0. The van der Waals surface area contributed by atoms with E-state index < -0.39 is 24.5 Å². The molecule has 0 aliphatic rings. The van der Waals surface area contributed by atoms with Crippen molar-refractivity contribution >= 4 is 23.9 Å². The van der Waals surface area contributed by atoms with Gasteiger partial charge < -0.3 is 20.4 Å². The minimum absolute atomic E-state index is 0.0870. The van der Waals surface area contributed by atoms with Crippen molar-refractivity contribution in [3.05, 3.63) is 41.5 Å². The zero-order chi connectivity index (χ0) is 18.8. The number of carboxylic acid groups (broad SMARTS) is 1. The highest BCUT2D eigenvalue weighted by atomic mass is 16.4. The predicted octanol–water partition coefficient (Wildman–Crippen LogP) is 1.13. The average molecular weight is 348 g/mol. The molecule has 0 aliphatic heterocycles. The molecule has 2 amide bonds. The summed E-state index contributed by atoms with van der Waals surface area (Å²) in [6.07, 6.45) is 5.73. The maximum absolute atomic E-state index is 12.0. The smallest absolute Gasteiger partial charge is 0.328 e. The zero-order valence-corrected chi connectivity index (χ0v) is 14.4. The number of carbonyl (C=O) groups is 3. The number of hydrogen-bond acceptors (Lipinski definition) is 4. The van der Waals surface area contributed by atoms with Crippen molar-refractivity contribution in [1.82, 2.24) is 10.2 Å². The van der Waals surface area contributed by atoms with Crippen LogP contribution in [0.25, 0.3) is 6.08 Å². The highest BCUT2D eigenvalue weighted by Crippen LogP contribution is 2.09. The summed E-state index contributed by atoms with van der Waals surface area (Å²) in [5.74, 6) is -1.77. The Morgan fingerprint density at radius 1 is 1.28 bits per heavy atom. The van der Waals surface area contributed by atoms with Crippen LogP contribution >= 0.6 is 0 Å². The van der Waals surface area contributed by atoms with Gasteiger partial charge in [0.1, 0.15) is 0 Å². The number of carboxylic acids is 1. The normalized spacial score (nSPS) is 12.0. The Labute approximate surface area is 147 Å².